The first kappa shape index (κ1) is 15.0. The second kappa shape index (κ2) is 5.95. The Balaban J connectivity index is 2.23. The Morgan fingerprint density at radius 1 is 1.40 bits per heavy atom. The summed E-state index contributed by atoms with van der Waals surface area (Å²) in [7, 11) is 0. The zero-order valence-corrected chi connectivity index (χ0v) is 11.4. The third kappa shape index (κ3) is 3.59. The van der Waals surface area contributed by atoms with Crippen molar-refractivity contribution in [3.8, 4) is 0 Å². The summed E-state index contributed by atoms with van der Waals surface area (Å²) >= 11 is 1.78. The number of aromatic carboxylic acids is 1. The van der Waals surface area contributed by atoms with Crippen molar-refractivity contribution < 1.29 is 23.1 Å². The highest BCUT2D eigenvalue weighted by molar-refractivity contribution is 7.99. The lowest BCUT2D eigenvalue weighted by molar-refractivity contribution is -0.138. The Hall–Kier alpha value is -1.37. The molecule has 110 valence electrons. The molecule has 1 saturated heterocycles. The van der Waals surface area contributed by atoms with E-state index >= 15 is 0 Å². The number of benzene rings is 1. The molecule has 0 saturated carbocycles. The maximum Gasteiger partial charge on any atom is 0.417 e. The van der Waals surface area contributed by atoms with Crippen molar-refractivity contribution >= 4 is 23.4 Å². The summed E-state index contributed by atoms with van der Waals surface area (Å²) in [5.41, 5.74) is -1.41. The van der Waals surface area contributed by atoms with Crippen LogP contribution in [-0.2, 0) is 6.18 Å². The van der Waals surface area contributed by atoms with Crippen LogP contribution in [0.2, 0.25) is 0 Å². The van der Waals surface area contributed by atoms with E-state index in [4.69, 9.17) is 5.11 Å². The third-order valence-corrected chi connectivity index (χ3v) is 4.30. The summed E-state index contributed by atoms with van der Waals surface area (Å²) in [6.07, 6.45) is -2.67. The number of halogens is 3. The van der Waals surface area contributed by atoms with Crippen LogP contribution in [0.4, 0.5) is 18.9 Å². The number of anilines is 1. The summed E-state index contributed by atoms with van der Waals surface area (Å²) in [5.74, 6) is 0.397. The summed E-state index contributed by atoms with van der Waals surface area (Å²) in [6.45, 7) is 0. The van der Waals surface area contributed by atoms with Crippen LogP contribution >= 0.6 is 11.8 Å². The lowest BCUT2D eigenvalue weighted by atomic mass is 10.1. The molecule has 0 radical (unpaired) electrons. The van der Waals surface area contributed by atoms with Gasteiger partial charge in [-0.05, 0) is 36.8 Å². The number of alkyl halides is 3. The summed E-state index contributed by atoms with van der Waals surface area (Å²) < 4.78 is 38.1. The predicted molar refractivity (Wildman–Crippen MR) is 72.4 cm³/mol. The molecule has 2 rings (SSSR count). The number of carboxylic acid groups (broad SMARTS) is 1. The van der Waals surface area contributed by atoms with Crippen molar-refractivity contribution in [2.75, 3.05) is 16.8 Å². The highest BCUT2D eigenvalue weighted by atomic mass is 32.2. The fourth-order valence-electron chi connectivity index (χ4n) is 2.15. The van der Waals surface area contributed by atoms with Gasteiger partial charge in [-0.2, -0.15) is 24.9 Å². The number of rotatable bonds is 3. The van der Waals surface area contributed by atoms with E-state index in [2.05, 4.69) is 5.32 Å². The molecule has 7 heteroatoms. The van der Waals surface area contributed by atoms with E-state index in [1.165, 1.54) is 6.07 Å². The van der Waals surface area contributed by atoms with Gasteiger partial charge < -0.3 is 10.4 Å². The van der Waals surface area contributed by atoms with Gasteiger partial charge in [0.2, 0.25) is 0 Å². The number of hydrogen-bond acceptors (Lipinski definition) is 3. The van der Waals surface area contributed by atoms with Gasteiger partial charge >= 0.3 is 12.1 Å². The van der Waals surface area contributed by atoms with E-state index in [0.717, 1.165) is 36.5 Å². The van der Waals surface area contributed by atoms with Gasteiger partial charge in [-0.25, -0.2) is 4.79 Å². The minimum Gasteiger partial charge on any atom is -0.478 e. The van der Waals surface area contributed by atoms with Gasteiger partial charge in [0, 0.05) is 17.5 Å². The normalized spacial score (nSPS) is 19.6. The summed E-state index contributed by atoms with van der Waals surface area (Å²) in [6, 6.07) is 3.34. The number of thioether (sulfide) groups is 1. The van der Waals surface area contributed by atoms with Crippen LogP contribution in [0.3, 0.4) is 0 Å². The predicted octanol–water partition coefficient (Wildman–Crippen LogP) is 3.71. The highest BCUT2D eigenvalue weighted by Crippen LogP contribution is 2.33. The van der Waals surface area contributed by atoms with Crippen LogP contribution in [0.1, 0.15) is 28.8 Å². The van der Waals surface area contributed by atoms with Gasteiger partial charge in [0.25, 0.3) is 0 Å². The topological polar surface area (TPSA) is 49.3 Å². The first-order valence-electron chi connectivity index (χ1n) is 6.17. The molecule has 0 bridgehead atoms. The van der Waals surface area contributed by atoms with Crippen molar-refractivity contribution in [3.63, 3.8) is 0 Å². The second-order valence-electron chi connectivity index (χ2n) is 4.62. The van der Waals surface area contributed by atoms with Crippen molar-refractivity contribution in [3.05, 3.63) is 29.3 Å². The maximum absolute atomic E-state index is 12.7. The zero-order valence-electron chi connectivity index (χ0n) is 10.5. The molecular weight excluding hydrogens is 291 g/mol. The quantitative estimate of drug-likeness (QED) is 0.894. The van der Waals surface area contributed by atoms with E-state index in [0.29, 0.717) is 5.69 Å². The molecule has 1 aromatic carbocycles. The molecule has 0 amide bonds. The van der Waals surface area contributed by atoms with E-state index < -0.39 is 23.3 Å². The third-order valence-electron chi connectivity index (χ3n) is 3.09. The fourth-order valence-corrected chi connectivity index (χ4v) is 3.22. The van der Waals surface area contributed by atoms with Crippen LogP contribution in [-0.4, -0.2) is 28.6 Å². The molecule has 20 heavy (non-hydrogen) atoms. The molecule has 1 heterocycles. The molecule has 2 N–H and O–H groups in total. The Bertz CT molecular complexity index is 499. The van der Waals surface area contributed by atoms with Gasteiger partial charge in [-0.3, -0.25) is 0 Å². The van der Waals surface area contributed by atoms with Gasteiger partial charge in [-0.15, -0.1) is 0 Å². The number of carbonyl (C=O) groups is 1. The molecule has 1 fully saturated rings. The Labute approximate surface area is 118 Å². The Kier molecular flexibility index (Phi) is 4.47. The average molecular weight is 305 g/mol. The van der Waals surface area contributed by atoms with E-state index in [-0.39, 0.29) is 6.04 Å². The first-order chi connectivity index (χ1) is 9.38. The van der Waals surface area contributed by atoms with Gasteiger partial charge in [0.1, 0.15) is 0 Å². The number of hydrogen-bond donors (Lipinski definition) is 2. The molecule has 1 unspecified atom stereocenters. The highest BCUT2D eigenvalue weighted by Gasteiger charge is 2.35. The zero-order chi connectivity index (χ0) is 14.8. The summed E-state index contributed by atoms with van der Waals surface area (Å²) in [4.78, 5) is 11.0. The molecule has 1 aliphatic heterocycles. The minimum absolute atomic E-state index is 0.173. The van der Waals surface area contributed by atoms with Crippen LogP contribution in [0.25, 0.3) is 0 Å². The van der Waals surface area contributed by atoms with Crippen LogP contribution in [0.15, 0.2) is 18.2 Å². The van der Waals surface area contributed by atoms with Crippen molar-refractivity contribution in [2.24, 2.45) is 0 Å². The Morgan fingerprint density at radius 2 is 2.15 bits per heavy atom. The lowest BCUT2D eigenvalue weighted by Crippen LogP contribution is -2.26. The maximum atomic E-state index is 12.7. The molecule has 1 atom stereocenters. The van der Waals surface area contributed by atoms with E-state index in [9.17, 15) is 18.0 Å². The standard InChI is InChI=1S/C13H14F3NO2S/c14-13(15,16)11-4-3-8(6-10(11)12(18)19)17-9-2-1-5-20-7-9/h3-4,6,9,17H,1-2,5,7H2,(H,18,19). The van der Waals surface area contributed by atoms with Crippen molar-refractivity contribution in [1.29, 1.82) is 0 Å². The van der Waals surface area contributed by atoms with Gasteiger partial charge in [0.15, 0.2) is 0 Å². The van der Waals surface area contributed by atoms with Gasteiger partial charge in [0.05, 0.1) is 11.1 Å². The smallest absolute Gasteiger partial charge is 0.417 e. The second-order valence-corrected chi connectivity index (χ2v) is 5.77. The summed E-state index contributed by atoms with van der Waals surface area (Å²) in [5, 5.41) is 12.0. The van der Waals surface area contributed by atoms with Crippen molar-refractivity contribution in [1.82, 2.24) is 0 Å². The first-order valence-corrected chi connectivity index (χ1v) is 7.32. The molecule has 1 aromatic rings. The average Bonchev–Trinajstić information content (AvgIpc) is 2.38. The van der Waals surface area contributed by atoms with Crippen molar-refractivity contribution in [2.45, 2.75) is 25.1 Å². The molecule has 1 aliphatic rings. The number of carboxylic acids is 1. The minimum atomic E-state index is -4.66. The molecule has 0 aromatic heterocycles. The molecule has 3 nitrogen and oxygen atoms in total. The lowest BCUT2D eigenvalue weighted by Gasteiger charge is -2.24. The molecular formula is C13H14F3NO2S. The molecule has 0 spiro atoms. The van der Waals surface area contributed by atoms with Crippen LogP contribution in [0.5, 0.6) is 0 Å². The largest absolute Gasteiger partial charge is 0.478 e. The van der Waals surface area contributed by atoms with Crippen LogP contribution < -0.4 is 5.32 Å². The van der Waals surface area contributed by atoms with E-state index in [1.54, 1.807) is 11.8 Å². The monoisotopic (exact) mass is 305 g/mol. The van der Waals surface area contributed by atoms with Gasteiger partial charge in [-0.1, -0.05) is 0 Å². The Morgan fingerprint density at radius 3 is 2.70 bits per heavy atom. The SMILES string of the molecule is O=C(O)c1cc(NC2CCCSC2)ccc1C(F)(F)F. The van der Waals surface area contributed by atoms with Crippen LogP contribution in [0, 0.1) is 0 Å². The molecule has 0 aliphatic carbocycles. The number of nitrogens with one attached hydrogen (secondary N) is 1. The fraction of sp³-hybridized carbons (Fsp3) is 0.462. The van der Waals surface area contributed by atoms with E-state index in [1.807, 2.05) is 0 Å².